The van der Waals surface area contributed by atoms with E-state index in [1.54, 1.807) is 12.1 Å². The largest absolute Gasteiger partial charge is 0.399 e. The van der Waals surface area contributed by atoms with Crippen LogP contribution in [0, 0.1) is 11.3 Å². The summed E-state index contributed by atoms with van der Waals surface area (Å²) in [7, 11) is -3.76. The lowest BCUT2D eigenvalue weighted by Crippen LogP contribution is -2.29. The number of fused-ring (bicyclic) bond motifs is 1. The van der Waals surface area contributed by atoms with Gasteiger partial charge in [-0.05, 0) is 36.2 Å². The van der Waals surface area contributed by atoms with Crippen LogP contribution in [0.25, 0.3) is 0 Å². The standard InChI is InChI=1S/C15H13N3O2S/c16-10-12-9-13(17)5-6-15(12)21(19,20)18-8-7-11-3-1-2-4-14(11)18/h1-6,9H,7-8,17H2. The Labute approximate surface area is 123 Å². The van der Waals surface area contributed by atoms with Gasteiger partial charge in [-0.1, -0.05) is 18.2 Å². The first kappa shape index (κ1) is 13.5. The molecule has 2 N–H and O–H groups in total. The lowest BCUT2D eigenvalue weighted by atomic mass is 10.2. The van der Waals surface area contributed by atoms with Crippen LogP contribution in [0.5, 0.6) is 0 Å². The van der Waals surface area contributed by atoms with Gasteiger partial charge in [0, 0.05) is 12.2 Å². The van der Waals surface area contributed by atoms with E-state index in [0.29, 0.717) is 24.3 Å². The second-order valence-electron chi connectivity index (χ2n) is 4.82. The van der Waals surface area contributed by atoms with Crippen molar-refractivity contribution in [1.82, 2.24) is 0 Å². The van der Waals surface area contributed by atoms with Crippen molar-refractivity contribution in [3.8, 4) is 6.07 Å². The molecule has 0 spiro atoms. The van der Waals surface area contributed by atoms with Crippen LogP contribution >= 0.6 is 0 Å². The lowest BCUT2D eigenvalue weighted by molar-refractivity contribution is 0.592. The predicted molar refractivity (Wildman–Crippen MR) is 80.2 cm³/mol. The predicted octanol–water partition coefficient (Wildman–Crippen LogP) is 1.89. The minimum Gasteiger partial charge on any atom is -0.399 e. The minimum absolute atomic E-state index is 0.00379. The second kappa shape index (κ2) is 4.79. The Morgan fingerprint density at radius 3 is 2.71 bits per heavy atom. The third-order valence-electron chi connectivity index (χ3n) is 3.54. The molecule has 0 radical (unpaired) electrons. The first-order chi connectivity index (χ1) is 10.0. The van der Waals surface area contributed by atoms with E-state index < -0.39 is 10.0 Å². The number of hydrogen-bond donors (Lipinski definition) is 1. The number of para-hydroxylation sites is 1. The van der Waals surface area contributed by atoms with Crippen LogP contribution in [0.15, 0.2) is 47.4 Å². The number of nitrogen functional groups attached to an aromatic ring is 1. The number of hydrogen-bond acceptors (Lipinski definition) is 4. The van der Waals surface area contributed by atoms with Crippen molar-refractivity contribution in [3.05, 3.63) is 53.6 Å². The number of sulfonamides is 1. The molecule has 5 nitrogen and oxygen atoms in total. The molecule has 2 aromatic rings. The molecule has 0 atom stereocenters. The van der Waals surface area contributed by atoms with E-state index in [9.17, 15) is 8.42 Å². The van der Waals surface area contributed by atoms with Gasteiger partial charge in [0.25, 0.3) is 10.0 Å². The monoisotopic (exact) mass is 299 g/mol. The maximum absolute atomic E-state index is 12.8. The van der Waals surface area contributed by atoms with Crippen LogP contribution in [0.1, 0.15) is 11.1 Å². The van der Waals surface area contributed by atoms with Gasteiger partial charge in [0.15, 0.2) is 0 Å². The highest BCUT2D eigenvalue weighted by atomic mass is 32.2. The Morgan fingerprint density at radius 2 is 1.95 bits per heavy atom. The molecule has 0 bridgehead atoms. The van der Waals surface area contributed by atoms with E-state index in [0.717, 1.165) is 5.56 Å². The Bertz CT molecular complexity index is 853. The van der Waals surface area contributed by atoms with Crippen LogP contribution < -0.4 is 10.0 Å². The van der Waals surface area contributed by atoms with Crippen LogP contribution in [0.2, 0.25) is 0 Å². The van der Waals surface area contributed by atoms with E-state index in [4.69, 9.17) is 11.0 Å². The molecule has 0 amide bonds. The van der Waals surface area contributed by atoms with Gasteiger partial charge in [0.1, 0.15) is 11.0 Å². The van der Waals surface area contributed by atoms with Gasteiger partial charge >= 0.3 is 0 Å². The van der Waals surface area contributed by atoms with E-state index in [2.05, 4.69) is 0 Å². The molecule has 2 aromatic carbocycles. The molecule has 21 heavy (non-hydrogen) atoms. The highest BCUT2D eigenvalue weighted by Crippen LogP contribution is 2.33. The average molecular weight is 299 g/mol. The Kier molecular flexibility index (Phi) is 3.07. The summed E-state index contributed by atoms with van der Waals surface area (Å²) >= 11 is 0. The molecule has 0 unspecified atom stereocenters. The lowest BCUT2D eigenvalue weighted by Gasteiger charge is -2.20. The fourth-order valence-corrected chi connectivity index (χ4v) is 4.16. The smallest absolute Gasteiger partial charge is 0.265 e. The van der Waals surface area contributed by atoms with E-state index in [-0.39, 0.29) is 10.5 Å². The van der Waals surface area contributed by atoms with Crippen molar-refractivity contribution in [2.75, 3.05) is 16.6 Å². The van der Waals surface area contributed by atoms with Gasteiger partial charge in [-0.25, -0.2) is 8.42 Å². The number of anilines is 2. The Balaban J connectivity index is 2.14. The van der Waals surface area contributed by atoms with Crippen molar-refractivity contribution >= 4 is 21.4 Å². The zero-order valence-electron chi connectivity index (χ0n) is 11.2. The molecule has 1 aliphatic rings. The summed E-state index contributed by atoms with van der Waals surface area (Å²) in [5.41, 5.74) is 7.73. The summed E-state index contributed by atoms with van der Waals surface area (Å²) in [6.07, 6.45) is 0.673. The third kappa shape index (κ3) is 2.12. The maximum Gasteiger partial charge on any atom is 0.265 e. The summed E-state index contributed by atoms with van der Waals surface area (Å²) in [5, 5.41) is 9.16. The molecular weight excluding hydrogens is 286 g/mol. The molecule has 1 heterocycles. The SMILES string of the molecule is N#Cc1cc(N)ccc1S(=O)(=O)N1CCc2ccccc21. The van der Waals surface area contributed by atoms with Crippen molar-refractivity contribution in [3.63, 3.8) is 0 Å². The summed E-state index contributed by atoms with van der Waals surface area (Å²) in [4.78, 5) is -0.00379. The number of nitrogens with zero attached hydrogens (tertiary/aromatic N) is 2. The molecule has 0 aliphatic carbocycles. The van der Waals surface area contributed by atoms with Gasteiger partial charge in [0.2, 0.25) is 0 Å². The summed E-state index contributed by atoms with van der Waals surface area (Å²) in [6.45, 7) is 0.386. The van der Waals surface area contributed by atoms with E-state index in [1.165, 1.54) is 22.5 Å². The van der Waals surface area contributed by atoms with Gasteiger partial charge in [0.05, 0.1) is 11.3 Å². The fourth-order valence-electron chi connectivity index (χ4n) is 2.54. The minimum atomic E-state index is -3.76. The molecule has 106 valence electrons. The van der Waals surface area contributed by atoms with Gasteiger partial charge < -0.3 is 5.73 Å². The van der Waals surface area contributed by atoms with Crippen molar-refractivity contribution < 1.29 is 8.42 Å². The van der Waals surface area contributed by atoms with Crippen molar-refractivity contribution in [1.29, 1.82) is 5.26 Å². The molecule has 0 saturated carbocycles. The third-order valence-corrected chi connectivity index (χ3v) is 5.41. The van der Waals surface area contributed by atoms with Gasteiger partial charge in [-0.3, -0.25) is 4.31 Å². The molecule has 0 fully saturated rings. The Morgan fingerprint density at radius 1 is 1.19 bits per heavy atom. The number of nitrogens with two attached hydrogens (primary N) is 1. The molecule has 0 saturated heterocycles. The quantitative estimate of drug-likeness (QED) is 0.858. The second-order valence-corrected chi connectivity index (χ2v) is 6.65. The number of nitriles is 1. The molecule has 6 heteroatoms. The van der Waals surface area contributed by atoms with Gasteiger partial charge in [-0.15, -0.1) is 0 Å². The molecular formula is C15H13N3O2S. The zero-order valence-corrected chi connectivity index (χ0v) is 12.0. The molecule has 3 rings (SSSR count). The van der Waals surface area contributed by atoms with Crippen molar-refractivity contribution in [2.24, 2.45) is 0 Å². The van der Waals surface area contributed by atoms with Gasteiger partial charge in [-0.2, -0.15) is 5.26 Å². The van der Waals surface area contributed by atoms with Crippen molar-refractivity contribution in [2.45, 2.75) is 11.3 Å². The van der Waals surface area contributed by atoms with Crippen LogP contribution in [0.3, 0.4) is 0 Å². The first-order valence-corrected chi connectivity index (χ1v) is 7.88. The molecule has 0 aromatic heterocycles. The first-order valence-electron chi connectivity index (χ1n) is 6.44. The summed E-state index contributed by atoms with van der Waals surface area (Å²) in [5.74, 6) is 0. The summed E-state index contributed by atoms with van der Waals surface area (Å²) < 4.78 is 27.0. The summed E-state index contributed by atoms with van der Waals surface area (Å²) in [6, 6.07) is 13.6. The normalized spacial score (nSPS) is 13.8. The fraction of sp³-hybridized carbons (Fsp3) is 0.133. The highest BCUT2D eigenvalue weighted by molar-refractivity contribution is 7.93. The topological polar surface area (TPSA) is 87.2 Å². The highest BCUT2D eigenvalue weighted by Gasteiger charge is 2.32. The van der Waals surface area contributed by atoms with E-state index in [1.807, 2.05) is 18.2 Å². The maximum atomic E-state index is 12.8. The van der Waals surface area contributed by atoms with Crippen LogP contribution in [-0.2, 0) is 16.4 Å². The molecule has 1 aliphatic heterocycles. The number of benzene rings is 2. The van der Waals surface area contributed by atoms with Crippen LogP contribution in [0.4, 0.5) is 11.4 Å². The zero-order chi connectivity index (χ0) is 15.0. The Hall–Kier alpha value is -2.52. The van der Waals surface area contributed by atoms with E-state index >= 15 is 0 Å². The number of rotatable bonds is 2. The average Bonchev–Trinajstić information content (AvgIpc) is 2.91. The van der Waals surface area contributed by atoms with Crippen LogP contribution in [-0.4, -0.2) is 15.0 Å².